The van der Waals surface area contributed by atoms with Gasteiger partial charge in [0, 0.05) is 13.0 Å². The summed E-state index contributed by atoms with van der Waals surface area (Å²) in [5, 5.41) is 2.76. The van der Waals surface area contributed by atoms with E-state index < -0.39 is 15.8 Å². The molecule has 0 radical (unpaired) electrons. The van der Waals surface area contributed by atoms with Crippen LogP contribution in [0.4, 0.5) is 10.1 Å². The van der Waals surface area contributed by atoms with Crippen LogP contribution in [-0.4, -0.2) is 40.3 Å². The Bertz CT molecular complexity index is 948. The van der Waals surface area contributed by atoms with E-state index in [-0.39, 0.29) is 31.0 Å². The van der Waals surface area contributed by atoms with Gasteiger partial charge in [-0.05, 0) is 36.1 Å². The maximum Gasteiger partial charge on any atom is 0.232 e. The second-order valence-electron chi connectivity index (χ2n) is 7.28. The van der Waals surface area contributed by atoms with Crippen molar-refractivity contribution < 1.29 is 22.3 Å². The Kier molecular flexibility index (Phi) is 8.65. The fraction of sp³-hybridized carbons (Fsp3) is 0.409. The van der Waals surface area contributed by atoms with Crippen molar-refractivity contribution in [3.8, 4) is 5.75 Å². The summed E-state index contributed by atoms with van der Waals surface area (Å²) in [6.45, 7) is 4.87. The van der Waals surface area contributed by atoms with Gasteiger partial charge in [0.1, 0.15) is 18.2 Å². The van der Waals surface area contributed by atoms with Crippen LogP contribution in [0.3, 0.4) is 0 Å². The minimum atomic E-state index is -3.66. The molecule has 0 aliphatic carbocycles. The van der Waals surface area contributed by atoms with Crippen LogP contribution in [0, 0.1) is 5.82 Å². The lowest BCUT2D eigenvalue weighted by molar-refractivity contribution is -0.121. The molecule has 2 rings (SSSR count). The zero-order chi connectivity index (χ0) is 22.1. The lowest BCUT2D eigenvalue weighted by atomic mass is 10.0. The maximum atomic E-state index is 14.0. The van der Waals surface area contributed by atoms with Gasteiger partial charge >= 0.3 is 0 Å². The van der Waals surface area contributed by atoms with Gasteiger partial charge < -0.3 is 10.1 Å². The van der Waals surface area contributed by atoms with E-state index in [9.17, 15) is 17.6 Å². The molecular weight excluding hydrogens is 407 g/mol. The average Bonchev–Trinajstić information content (AvgIpc) is 2.69. The normalized spacial score (nSPS) is 11.4. The first-order chi connectivity index (χ1) is 14.2. The highest BCUT2D eigenvalue weighted by atomic mass is 32.2. The van der Waals surface area contributed by atoms with E-state index in [4.69, 9.17) is 4.74 Å². The van der Waals surface area contributed by atoms with Crippen LogP contribution in [0.1, 0.15) is 38.2 Å². The molecule has 0 saturated carbocycles. The highest BCUT2D eigenvalue weighted by Crippen LogP contribution is 2.25. The second kappa shape index (κ2) is 11.0. The second-order valence-corrected chi connectivity index (χ2v) is 9.19. The van der Waals surface area contributed by atoms with Crippen LogP contribution in [0.15, 0.2) is 48.5 Å². The molecule has 0 fully saturated rings. The van der Waals surface area contributed by atoms with Gasteiger partial charge in [0.05, 0.1) is 18.5 Å². The highest BCUT2D eigenvalue weighted by Gasteiger charge is 2.20. The van der Waals surface area contributed by atoms with Crippen LogP contribution in [0.5, 0.6) is 5.75 Å². The number of sulfonamides is 1. The fourth-order valence-corrected chi connectivity index (χ4v) is 4.00. The molecule has 0 atom stereocenters. The van der Waals surface area contributed by atoms with E-state index >= 15 is 0 Å². The zero-order valence-electron chi connectivity index (χ0n) is 17.6. The van der Waals surface area contributed by atoms with Crippen molar-refractivity contribution in [2.24, 2.45) is 0 Å². The third kappa shape index (κ3) is 7.02. The van der Waals surface area contributed by atoms with Crippen molar-refractivity contribution in [1.82, 2.24) is 5.32 Å². The van der Waals surface area contributed by atoms with Crippen molar-refractivity contribution >= 4 is 21.6 Å². The molecule has 0 saturated heterocycles. The van der Waals surface area contributed by atoms with Gasteiger partial charge in [0.2, 0.25) is 15.9 Å². The summed E-state index contributed by atoms with van der Waals surface area (Å²) in [5.74, 6) is 0.308. The fourth-order valence-electron chi connectivity index (χ4n) is 3.03. The molecule has 2 aromatic carbocycles. The Morgan fingerprint density at radius 2 is 1.80 bits per heavy atom. The highest BCUT2D eigenvalue weighted by molar-refractivity contribution is 7.92. The first-order valence-corrected chi connectivity index (χ1v) is 11.8. The summed E-state index contributed by atoms with van der Waals surface area (Å²) >= 11 is 0. The SMILES string of the molecule is CC(C)c1ccccc1OCCNC(=O)CCCN(c1ccccc1F)S(C)(=O)=O. The summed E-state index contributed by atoms with van der Waals surface area (Å²) in [5.41, 5.74) is 1.09. The monoisotopic (exact) mass is 436 g/mol. The lowest BCUT2D eigenvalue weighted by Crippen LogP contribution is -2.33. The Hall–Kier alpha value is -2.61. The van der Waals surface area contributed by atoms with Crippen LogP contribution in [0.2, 0.25) is 0 Å². The molecule has 0 spiro atoms. The summed E-state index contributed by atoms with van der Waals surface area (Å²) in [7, 11) is -3.66. The average molecular weight is 437 g/mol. The third-order valence-corrected chi connectivity index (χ3v) is 5.69. The third-order valence-electron chi connectivity index (χ3n) is 4.51. The van der Waals surface area contributed by atoms with E-state index in [1.54, 1.807) is 6.07 Å². The largest absolute Gasteiger partial charge is 0.491 e. The van der Waals surface area contributed by atoms with Crippen LogP contribution in [0.25, 0.3) is 0 Å². The summed E-state index contributed by atoms with van der Waals surface area (Å²) in [6.07, 6.45) is 1.42. The molecule has 0 bridgehead atoms. The molecule has 0 aliphatic heterocycles. The van der Waals surface area contributed by atoms with Crippen LogP contribution >= 0.6 is 0 Å². The Labute approximate surface area is 178 Å². The van der Waals surface area contributed by atoms with Gasteiger partial charge in [-0.15, -0.1) is 0 Å². The molecule has 0 aromatic heterocycles. The first kappa shape index (κ1) is 23.7. The van der Waals surface area contributed by atoms with Crippen molar-refractivity contribution in [2.45, 2.75) is 32.6 Å². The number of benzene rings is 2. The van der Waals surface area contributed by atoms with Crippen LogP contribution < -0.4 is 14.4 Å². The number of para-hydroxylation sites is 2. The van der Waals surface area contributed by atoms with E-state index in [0.29, 0.717) is 19.1 Å². The van der Waals surface area contributed by atoms with Gasteiger partial charge in [0.25, 0.3) is 0 Å². The van der Waals surface area contributed by atoms with Crippen molar-refractivity contribution in [1.29, 1.82) is 0 Å². The smallest absolute Gasteiger partial charge is 0.232 e. The van der Waals surface area contributed by atoms with Gasteiger partial charge in [-0.25, -0.2) is 12.8 Å². The predicted octanol–water partition coefficient (Wildman–Crippen LogP) is 3.69. The minimum absolute atomic E-state index is 0.0161. The Morgan fingerprint density at radius 1 is 1.13 bits per heavy atom. The zero-order valence-corrected chi connectivity index (χ0v) is 18.4. The summed E-state index contributed by atoms with van der Waals surface area (Å²) < 4.78 is 44.8. The molecule has 0 unspecified atom stereocenters. The minimum Gasteiger partial charge on any atom is -0.491 e. The summed E-state index contributed by atoms with van der Waals surface area (Å²) in [4.78, 5) is 12.1. The molecule has 6 nitrogen and oxygen atoms in total. The quantitative estimate of drug-likeness (QED) is 0.545. The number of hydrogen-bond acceptors (Lipinski definition) is 4. The lowest BCUT2D eigenvalue weighted by Gasteiger charge is -2.22. The number of ether oxygens (including phenoxy) is 1. The number of hydrogen-bond donors (Lipinski definition) is 1. The van der Waals surface area contributed by atoms with E-state index in [1.165, 1.54) is 18.2 Å². The molecule has 30 heavy (non-hydrogen) atoms. The maximum absolute atomic E-state index is 14.0. The van der Waals surface area contributed by atoms with E-state index in [2.05, 4.69) is 19.2 Å². The first-order valence-electron chi connectivity index (χ1n) is 9.91. The summed E-state index contributed by atoms with van der Waals surface area (Å²) in [6, 6.07) is 13.5. The van der Waals surface area contributed by atoms with E-state index in [1.807, 2.05) is 24.3 Å². The van der Waals surface area contributed by atoms with Gasteiger partial charge in [-0.1, -0.05) is 44.2 Å². The van der Waals surface area contributed by atoms with Gasteiger partial charge in [-0.3, -0.25) is 9.10 Å². The number of amides is 1. The number of nitrogens with zero attached hydrogens (tertiary/aromatic N) is 1. The van der Waals surface area contributed by atoms with E-state index in [0.717, 1.165) is 21.9 Å². The topological polar surface area (TPSA) is 75.7 Å². The predicted molar refractivity (Wildman–Crippen MR) is 117 cm³/mol. The van der Waals surface area contributed by atoms with Crippen molar-refractivity contribution in [2.75, 3.05) is 30.3 Å². The van der Waals surface area contributed by atoms with Gasteiger partial charge in [0.15, 0.2) is 0 Å². The number of anilines is 1. The van der Waals surface area contributed by atoms with Crippen molar-refractivity contribution in [3.63, 3.8) is 0 Å². The standard InChI is InChI=1S/C22H29FN2O4S/c1-17(2)18-9-4-7-12-21(18)29-16-14-24-22(26)13-8-15-25(30(3,27)28)20-11-6-5-10-19(20)23/h4-7,9-12,17H,8,13-16H2,1-3H3,(H,24,26). The molecule has 0 aliphatic rings. The Balaban J connectivity index is 1.78. The molecule has 0 heterocycles. The molecule has 164 valence electrons. The number of carbonyl (C=O) groups excluding carboxylic acids is 1. The molecule has 8 heteroatoms. The molecule has 2 aromatic rings. The number of rotatable bonds is 11. The number of carbonyl (C=O) groups is 1. The number of halogens is 1. The molecular formula is C22H29FN2O4S. The van der Waals surface area contributed by atoms with Gasteiger partial charge in [-0.2, -0.15) is 0 Å². The number of nitrogens with one attached hydrogen (secondary N) is 1. The molecule has 1 amide bonds. The Morgan fingerprint density at radius 3 is 2.47 bits per heavy atom. The van der Waals surface area contributed by atoms with Crippen LogP contribution in [-0.2, 0) is 14.8 Å². The molecule has 1 N–H and O–H groups in total. The van der Waals surface area contributed by atoms with Crippen molar-refractivity contribution in [3.05, 3.63) is 59.9 Å².